The molecular weight excluding hydrogens is 208 g/mol. The number of aromatic nitrogens is 1. The summed E-state index contributed by atoms with van der Waals surface area (Å²) in [5, 5.41) is 0. The Morgan fingerprint density at radius 1 is 1.00 bits per heavy atom. The van der Waals surface area contributed by atoms with Crippen molar-refractivity contribution in [2.24, 2.45) is 11.8 Å². The van der Waals surface area contributed by atoms with Crippen molar-refractivity contribution in [3.63, 3.8) is 0 Å². The van der Waals surface area contributed by atoms with Crippen LogP contribution in [0.3, 0.4) is 0 Å². The van der Waals surface area contributed by atoms with E-state index in [1.54, 1.807) is 0 Å². The molecule has 0 amide bonds. The van der Waals surface area contributed by atoms with Crippen molar-refractivity contribution < 1.29 is 0 Å². The first-order valence-corrected chi connectivity index (χ1v) is 6.69. The van der Waals surface area contributed by atoms with Crippen LogP contribution in [0.1, 0.15) is 33.3 Å². The summed E-state index contributed by atoms with van der Waals surface area (Å²) in [6.07, 6.45) is 4.89. The number of hydrogen-bond acceptors (Lipinski definition) is 2. The van der Waals surface area contributed by atoms with Gasteiger partial charge in [-0.1, -0.05) is 27.7 Å². The largest absolute Gasteiger partial charge is 0.302 e. The lowest BCUT2D eigenvalue weighted by Crippen LogP contribution is -2.33. The van der Waals surface area contributed by atoms with E-state index in [2.05, 4.69) is 49.7 Å². The number of pyridine rings is 1. The van der Waals surface area contributed by atoms with Crippen molar-refractivity contribution in [3.05, 3.63) is 30.1 Å². The van der Waals surface area contributed by atoms with Gasteiger partial charge in [0.25, 0.3) is 0 Å². The van der Waals surface area contributed by atoms with Crippen LogP contribution in [0, 0.1) is 11.8 Å². The molecule has 17 heavy (non-hydrogen) atoms. The maximum Gasteiger partial charge on any atom is 0.0270 e. The van der Waals surface area contributed by atoms with Crippen LogP contribution in [0.4, 0.5) is 0 Å². The van der Waals surface area contributed by atoms with E-state index in [1.165, 1.54) is 18.7 Å². The Morgan fingerprint density at radius 2 is 1.53 bits per heavy atom. The van der Waals surface area contributed by atoms with Crippen LogP contribution in [0.25, 0.3) is 0 Å². The first-order chi connectivity index (χ1) is 8.08. The fourth-order valence-electron chi connectivity index (χ4n) is 2.13. The monoisotopic (exact) mass is 234 g/mol. The number of nitrogens with zero attached hydrogens (tertiary/aromatic N) is 2. The summed E-state index contributed by atoms with van der Waals surface area (Å²) in [7, 11) is 0. The molecule has 0 unspecified atom stereocenters. The molecule has 1 rings (SSSR count). The van der Waals surface area contributed by atoms with E-state index >= 15 is 0 Å². The van der Waals surface area contributed by atoms with E-state index in [-0.39, 0.29) is 0 Å². The minimum absolute atomic E-state index is 0.742. The Bertz CT molecular complexity index is 283. The van der Waals surface area contributed by atoms with Crippen LogP contribution in [0.2, 0.25) is 0 Å². The summed E-state index contributed by atoms with van der Waals surface area (Å²) in [5.74, 6) is 1.48. The molecule has 0 bridgehead atoms. The molecule has 0 spiro atoms. The van der Waals surface area contributed by atoms with E-state index in [4.69, 9.17) is 0 Å². The molecular formula is C15H26N2. The van der Waals surface area contributed by atoms with Gasteiger partial charge in [0.15, 0.2) is 0 Å². The Morgan fingerprint density at radius 3 is 2.00 bits per heavy atom. The summed E-state index contributed by atoms with van der Waals surface area (Å²) >= 11 is 0. The molecule has 0 saturated carbocycles. The van der Waals surface area contributed by atoms with Crippen molar-refractivity contribution in [3.8, 4) is 0 Å². The van der Waals surface area contributed by atoms with Gasteiger partial charge in [0.2, 0.25) is 0 Å². The average Bonchev–Trinajstić information content (AvgIpc) is 2.26. The highest BCUT2D eigenvalue weighted by Crippen LogP contribution is 2.06. The normalized spacial score (nSPS) is 11.7. The summed E-state index contributed by atoms with van der Waals surface area (Å²) < 4.78 is 0. The molecule has 1 aromatic rings. The van der Waals surface area contributed by atoms with Crippen molar-refractivity contribution in [2.45, 2.75) is 34.1 Å². The molecule has 0 saturated heterocycles. The summed E-state index contributed by atoms with van der Waals surface area (Å²) in [6, 6.07) is 4.23. The molecule has 0 aliphatic carbocycles. The number of hydrogen-bond donors (Lipinski definition) is 0. The maximum atomic E-state index is 4.06. The fourth-order valence-corrected chi connectivity index (χ4v) is 2.13. The lowest BCUT2D eigenvalue weighted by atomic mass is 10.1. The van der Waals surface area contributed by atoms with Gasteiger partial charge >= 0.3 is 0 Å². The lowest BCUT2D eigenvalue weighted by Gasteiger charge is -2.26. The molecule has 2 heteroatoms. The SMILES string of the molecule is CC(C)CN(CCc1ccncc1)CC(C)C. The average molecular weight is 234 g/mol. The molecule has 96 valence electrons. The highest BCUT2D eigenvalue weighted by Gasteiger charge is 2.09. The van der Waals surface area contributed by atoms with E-state index in [9.17, 15) is 0 Å². The van der Waals surface area contributed by atoms with Gasteiger partial charge in [-0.3, -0.25) is 4.98 Å². The van der Waals surface area contributed by atoms with Crippen molar-refractivity contribution in [1.29, 1.82) is 0 Å². The smallest absolute Gasteiger partial charge is 0.0270 e. The van der Waals surface area contributed by atoms with Crippen molar-refractivity contribution in [1.82, 2.24) is 9.88 Å². The predicted molar refractivity (Wildman–Crippen MR) is 74.1 cm³/mol. The lowest BCUT2D eigenvalue weighted by molar-refractivity contribution is 0.222. The van der Waals surface area contributed by atoms with E-state index in [0.29, 0.717) is 0 Å². The summed E-state index contributed by atoms with van der Waals surface area (Å²) in [6.45, 7) is 12.7. The molecule has 1 heterocycles. The van der Waals surface area contributed by atoms with E-state index in [0.717, 1.165) is 24.8 Å². The Hall–Kier alpha value is -0.890. The third kappa shape index (κ3) is 6.42. The topological polar surface area (TPSA) is 16.1 Å². The van der Waals surface area contributed by atoms with Gasteiger partial charge in [0.1, 0.15) is 0 Å². The summed E-state index contributed by atoms with van der Waals surface area (Å²) in [4.78, 5) is 6.63. The van der Waals surface area contributed by atoms with Crippen LogP contribution in [-0.4, -0.2) is 29.5 Å². The molecule has 0 aliphatic heterocycles. The zero-order chi connectivity index (χ0) is 12.7. The highest BCUT2D eigenvalue weighted by atomic mass is 15.1. The van der Waals surface area contributed by atoms with Gasteiger partial charge < -0.3 is 4.90 Å². The molecule has 1 aromatic heterocycles. The molecule has 2 nitrogen and oxygen atoms in total. The molecule has 0 fully saturated rings. The third-order valence-electron chi connectivity index (χ3n) is 2.71. The first-order valence-electron chi connectivity index (χ1n) is 6.69. The van der Waals surface area contributed by atoms with Gasteiger partial charge in [-0.15, -0.1) is 0 Å². The number of rotatable bonds is 7. The van der Waals surface area contributed by atoms with E-state index in [1.807, 2.05) is 12.4 Å². The van der Waals surface area contributed by atoms with Crippen molar-refractivity contribution in [2.75, 3.05) is 19.6 Å². The predicted octanol–water partition coefficient (Wildman–Crippen LogP) is 3.24. The second kappa shape index (κ2) is 7.44. The minimum atomic E-state index is 0.742. The fraction of sp³-hybridized carbons (Fsp3) is 0.667. The minimum Gasteiger partial charge on any atom is -0.302 e. The second-order valence-corrected chi connectivity index (χ2v) is 5.65. The highest BCUT2D eigenvalue weighted by molar-refractivity contribution is 5.09. The Balaban J connectivity index is 2.43. The van der Waals surface area contributed by atoms with Crippen molar-refractivity contribution >= 4 is 0 Å². The standard InChI is InChI=1S/C15H26N2/c1-13(2)11-17(12-14(3)4)10-7-15-5-8-16-9-6-15/h5-6,8-9,13-14H,7,10-12H2,1-4H3. The van der Waals surface area contributed by atoms with Crippen LogP contribution in [0.5, 0.6) is 0 Å². The quantitative estimate of drug-likeness (QED) is 0.720. The third-order valence-corrected chi connectivity index (χ3v) is 2.71. The second-order valence-electron chi connectivity index (χ2n) is 5.65. The van der Waals surface area contributed by atoms with Gasteiger partial charge in [0.05, 0.1) is 0 Å². The molecule has 0 aliphatic rings. The maximum absolute atomic E-state index is 4.06. The molecule has 0 aromatic carbocycles. The molecule has 0 atom stereocenters. The van der Waals surface area contributed by atoms with Gasteiger partial charge in [-0.05, 0) is 36.0 Å². The van der Waals surface area contributed by atoms with Gasteiger partial charge in [0, 0.05) is 32.0 Å². The molecule has 0 N–H and O–H groups in total. The zero-order valence-electron chi connectivity index (χ0n) is 11.7. The first kappa shape index (κ1) is 14.2. The Labute approximate surface area is 106 Å². The Kier molecular flexibility index (Phi) is 6.20. The van der Waals surface area contributed by atoms with Gasteiger partial charge in [-0.25, -0.2) is 0 Å². The van der Waals surface area contributed by atoms with Crippen LogP contribution >= 0.6 is 0 Å². The van der Waals surface area contributed by atoms with Gasteiger partial charge in [-0.2, -0.15) is 0 Å². The van der Waals surface area contributed by atoms with Crippen LogP contribution in [-0.2, 0) is 6.42 Å². The summed E-state index contributed by atoms with van der Waals surface area (Å²) in [5.41, 5.74) is 1.39. The van der Waals surface area contributed by atoms with Crippen LogP contribution < -0.4 is 0 Å². The zero-order valence-corrected chi connectivity index (χ0v) is 11.7. The van der Waals surface area contributed by atoms with E-state index < -0.39 is 0 Å². The van der Waals surface area contributed by atoms with Crippen LogP contribution in [0.15, 0.2) is 24.5 Å². The molecule has 0 radical (unpaired) electrons.